The number of fused-ring (bicyclic) bond motifs is 1. The molecular formula is C30H19N3. The van der Waals surface area contributed by atoms with Gasteiger partial charge in [-0.1, -0.05) is 66.7 Å². The molecule has 0 saturated carbocycles. The van der Waals surface area contributed by atoms with Crippen molar-refractivity contribution in [2.24, 2.45) is 0 Å². The maximum absolute atomic E-state index is 9.32. The zero-order valence-corrected chi connectivity index (χ0v) is 17.8. The molecular weight excluding hydrogens is 402 g/mol. The smallest absolute Gasteiger partial charge is 0.189 e. The Hall–Kier alpha value is -4.86. The van der Waals surface area contributed by atoms with E-state index in [0.717, 1.165) is 28.2 Å². The summed E-state index contributed by atoms with van der Waals surface area (Å²) in [5.41, 5.74) is 5.99. The van der Waals surface area contributed by atoms with Crippen LogP contribution in [0.4, 0.5) is 22.7 Å². The second-order valence-corrected chi connectivity index (χ2v) is 7.71. The second-order valence-electron chi connectivity index (χ2n) is 7.71. The monoisotopic (exact) mass is 421 g/mol. The lowest BCUT2D eigenvalue weighted by Crippen LogP contribution is -2.10. The summed E-state index contributed by atoms with van der Waals surface area (Å²) < 4.78 is 0. The largest absolute Gasteiger partial charge is 0.310 e. The van der Waals surface area contributed by atoms with Gasteiger partial charge in [0.25, 0.3) is 0 Å². The average molecular weight is 422 g/mol. The molecule has 33 heavy (non-hydrogen) atoms. The highest BCUT2D eigenvalue weighted by atomic mass is 15.1. The molecule has 0 bridgehead atoms. The quantitative estimate of drug-likeness (QED) is 0.273. The predicted molar refractivity (Wildman–Crippen MR) is 135 cm³/mol. The van der Waals surface area contributed by atoms with Crippen LogP contribution < -0.4 is 4.90 Å². The molecule has 0 aliphatic rings. The van der Waals surface area contributed by atoms with E-state index in [9.17, 15) is 5.26 Å². The molecule has 0 heterocycles. The highest BCUT2D eigenvalue weighted by Crippen LogP contribution is 2.39. The van der Waals surface area contributed by atoms with Gasteiger partial charge in [0.15, 0.2) is 5.69 Å². The Morgan fingerprint density at radius 2 is 1.36 bits per heavy atom. The number of para-hydroxylation sites is 1. The lowest BCUT2D eigenvalue weighted by atomic mass is 10.0. The van der Waals surface area contributed by atoms with E-state index in [4.69, 9.17) is 6.57 Å². The van der Waals surface area contributed by atoms with Crippen LogP contribution in [-0.2, 0) is 0 Å². The van der Waals surface area contributed by atoms with Gasteiger partial charge in [-0.25, -0.2) is 4.85 Å². The van der Waals surface area contributed by atoms with Crippen LogP contribution in [0.15, 0.2) is 115 Å². The van der Waals surface area contributed by atoms with Gasteiger partial charge in [-0.05, 0) is 65.0 Å². The molecule has 3 heteroatoms. The molecule has 3 nitrogen and oxygen atoms in total. The number of hydrogen-bond donors (Lipinski definition) is 0. The number of nitrogens with zero attached hydrogens (tertiary/aromatic N) is 3. The van der Waals surface area contributed by atoms with Crippen molar-refractivity contribution < 1.29 is 0 Å². The van der Waals surface area contributed by atoms with E-state index in [-0.39, 0.29) is 0 Å². The maximum Gasteiger partial charge on any atom is 0.189 e. The molecule has 0 spiro atoms. The van der Waals surface area contributed by atoms with Crippen LogP contribution >= 0.6 is 0 Å². The van der Waals surface area contributed by atoms with Crippen molar-refractivity contribution in [3.8, 4) is 17.2 Å². The first kappa shape index (κ1) is 20.1. The van der Waals surface area contributed by atoms with Gasteiger partial charge in [-0.3, -0.25) is 0 Å². The molecule has 0 unspecified atom stereocenters. The van der Waals surface area contributed by atoms with E-state index in [1.807, 2.05) is 42.5 Å². The van der Waals surface area contributed by atoms with E-state index in [0.29, 0.717) is 11.3 Å². The van der Waals surface area contributed by atoms with Crippen molar-refractivity contribution in [2.45, 2.75) is 0 Å². The molecule has 5 rings (SSSR count). The number of anilines is 3. The molecule has 0 atom stereocenters. The summed E-state index contributed by atoms with van der Waals surface area (Å²) in [5, 5.41) is 11.7. The fourth-order valence-corrected chi connectivity index (χ4v) is 4.12. The molecule has 0 radical (unpaired) electrons. The van der Waals surface area contributed by atoms with E-state index in [1.54, 1.807) is 6.07 Å². The predicted octanol–water partition coefficient (Wildman–Crippen LogP) is 8.40. The van der Waals surface area contributed by atoms with E-state index in [2.05, 4.69) is 82.5 Å². The van der Waals surface area contributed by atoms with Gasteiger partial charge in [0.2, 0.25) is 0 Å². The van der Waals surface area contributed by atoms with Crippen molar-refractivity contribution in [1.82, 2.24) is 0 Å². The fraction of sp³-hybridized carbons (Fsp3) is 0. The first-order valence-corrected chi connectivity index (χ1v) is 10.6. The van der Waals surface area contributed by atoms with Gasteiger partial charge in [0.1, 0.15) is 0 Å². The Morgan fingerprint density at radius 1 is 0.667 bits per heavy atom. The van der Waals surface area contributed by atoms with Gasteiger partial charge < -0.3 is 4.90 Å². The van der Waals surface area contributed by atoms with Gasteiger partial charge >= 0.3 is 0 Å². The van der Waals surface area contributed by atoms with E-state index < -0.39 is 0 Å². The minimum absolute atomic E-state index is 0.467. The van der Waals surface area contributed by atoms with Gasteiger partial charge in [0, 0.05) is 22.3 Å². The van der Waals surface area contributed by atoms with Crippen molar-refractivity contribution in [2.75, 3.05) is 4.90 Å². The van der Waals surface area contributed by atoms with Crippen molar-refractivity contribution in [3.63, 3.8) is 0 Å². The Labute approximate surface area is 193 Å². The third-order valence-electron chi connectivity index (χ3n) is 5.66. The van der Waals surface area contributed by atoms with E-state index >= 15 is 0 Å². The second kappa shape index (κ2) is 8.71. The summed E-state index contributed by atoms with van der Waals surface area (Å²) in [6.45, 7) is 7.33. The first-order valence-electron chi connectivity index (χ1n) is 10.6. The zero-order chi connectivity index (χ0) is 22.6. The number of benzene rings is 5. The average Bonchev–Trinajstić information content (AvgIpc) is 2.89. The highest BCUT2D eigenvalue weighted by Gasteiger charge is 2.15. The molecule has 154 valence electrons. The Balaban J connectivity index is 1.63. The normalized spacial score (nSPS) is 10.4. The molecule has 0 N–H and O–H groups in total. The minimum atomic E-state index is 0.467. The Bertz CT molecular complexity index is 1480. The molecule has 0 amide bonds. The van der Waals surface area contributed by atoms with Crippen LogP contribution in [0.3, 0.4) is 0 Å². The molecule has 0 aliphatic carbocycles. The summed E-state index contributed by atoms with van der Waals surface area (Å²) in [6, 6.07) is 40.7. The molecule has 0 fully saturated rings. The number of rotatable bonds is 4. The zero-order valence-electron chi connectivity index (χ0n) is 17.8. The van der Waals surface area contributed by atoms with Crippen molar-refractivity contribution in [3.05, 3.63) is 132 Å². The van der Waals surface area contributed by atoms with Gasteiger partial charge in [-0.15, -0.1) is 0 Å². The van der Waals surface area contributed by atoms with Crippen LogP contribution in [0, 0.1) is 17.9 Å². The molecule has 5 aromatic carbocycles. The standard InChI is InChI=1S/C30H19N3/c1-32-26-19-22(21-31)18-25(20-26)23-14-16-28(17-15-23)33(27-10-3-2-4-11-27)30-13-7-9-24-8-5-6-12-29(24)30/h2-20H. The summed E-state index contributed by atoms with van der Waals surface area (Å²) in [5.74, 6) is 0. The number of nitriles is 1. The minimum Gasteiger partial charge on any atom is -0.310 e. The summed E-state index contributed by atoms with van der Waals surface area (Å²) in [4.78, 5) is 5.76. The summed E-state index contributed by atoms with van der Waals surface area (Å²) >= 11 is 0. The molecule has 5 aromatic rings. The lowest BCUT2D eigenvalue weighted by molar-refractivity contribution is 1.30. The third-order valence-corrected chi connectivity index (χ3v) is 5.66. The first-order chi connectivity index (χ1) is 16.3. The molecule has 0 aromatic heterocycles. The SMILES string of the molecule is [C-]#[N+]c1cc(C#N)cc(-c2ccc(N(c3ccccc3)c3cccc4ccccc34)cc2)c1. The topological polar surface area (TPSA) is 31.4 Å². The lowest BCUT2D eigenvalue weighted by Gasteiger charge is -2.27. The Morgan fingerprint density at radius 3 is 2.12 bits per heavy atom. The molecule has 0 saturated heterocycles. The summed E-state index contributed by atoms with van der Waals surface area (Å²) in [7, 11) is 0. The highest BCUT2D eigenvalue weighted by molar-refractivity contribution is 5.98. The van der Waals surface area contributed by atoms with Crippen LogP contribution in [0.1, 0.15) is 5.56 Å². The Kier molecular flexibility index (Phi) is 5.30. The van der Waals surface area contributed by atoms with Crippen LogP contribution in [0.25, 0.3) is 26.7 Å². The maximum atomic E-state index is 9.32. The van der Waals surface area contributed by atoms with Crippen molar-refractivity contribution >= 4 is 33.5 Å². The van der Waals surface area contributed by atoms with Crippen LogP contribution in [0.5, 0.6) is 0 Å². The van der Waals surface area contributed by atoms with Crippen molar-refractivity contribution in [1.29, 1.82) is 5.26 Å². The fourth-order valence-electron chi connectivity index (χ4n) is 4.12. The van der Waals surface area contributed by atoms with Crippen LogP contribution in [-0.4, -0.2) is 0 Å². The van der Waals surface area contributed by atoms with Crippen LogP contribution in [0.2, 0.25) is 0 Å². The number of hydrogen-bond acceptors (Lipinski definition) is 2. The van der Waals surface area contributed by atoms with Gasteiger partial charge in [0.05, 0.1) is 18.3 Å². The summed E-state index contributed by atoms with van der Waals surface area (Å²) in [6.07, 6.45) is 0. The van der Waals surface area contributed by atoms with E-state index in [1.165, 1.54) is 10.8 Å². The third kappa shape index (κ3) is 3.92. The van der Waals surface area contributed by atoms with Gasteiger partial charge in [-0.2, -0.15) is 5.26 Å². The molecule has 0 aliphatic heterocycles.